The largest absolute Gasteiger partial charge is 0.491 e. The maximum Gasteiger partial charge on any atom is 0.174 e. The second-order valence-corrected chi connectivity index (χ2v) is 4.82. The molecule has 6 heteroatoms. The average Bonchev–Trinajstić information content (AvgIpc) is 2.37. The number of hydrogen-bond acceptors (Lipinski definition) is 5. The number of thioether (sulfide) groups is 1. The lowest BCUT2D eigenvalue weighted by atomic mass is 10.2. The Balaban J connectivity index is 2.96. The van der Waals surface area contributed by atoms with Crippen LogP contribution in [0.2, 0.25) is 0 Å². The Morgan fingerprint density at radius 3 is 2.78 bits per heavy atom. The van der Waals surface area contributed by atoms with E-state index in [9.17, 15) is 0 Å². The summed E-state index contributed by atoms with van der Waals surface area (Å²) >= 11 is 1.53. The van der Waals surface area contributed by atoms with Gasteiger partial charge in [0.2, 0.25) is 0 Å². The Labute approximate surface area is 112 Å². The molecule has 0 aliphatic heterocycles. The van der Waals surface area contributed by atoms with Gasteiger partial charge < -0.3 is 20.6 Å². The third kappa shape index (κ3) is 3.82. The van der Waals surface area contributed by atoms with Crippen LogP contribution in [-0.4, -0.2) is 49.4 Å². The van der Waals surface area contributed by atoms with Gasteiger partial charge in [-0.15, -0.1) is 11.8 Å². The highest BCUT2D eigenvalue weighted by atomic mass is 32.2. The van der Waals surface area contributed by atoms with E-state index < -0.39 is 0 Å². The van der Waals surface area contributed by atoms with Crippen LogP contribution in [0.15, 0.2) is 28.3 Å². The Kier molecular flexibility index (Phi) is 5.80. The fourth-order valence-electron chi connectivity index (χ4n) is 1.44. The molecule has 0 radical (unpaired) electrons. The molecule has 0 unspecified atom stereocenters. The van der Waals surface area contributed by atoms with Gasteiger partial charge in [0.05, 0.1) is 5.56 Å². The van der Waals surface area contributed by atoms with E-state index in [2.05, 4.69) is 5.16 Å². The van der Waals surface area contributed by atoms with Crippen LogP contribution in [0.3, 0.4) is 0 Å². The van der Waals surface area contributed by atoms with Crippen molar-refractivity contribution in [2.24, 2.45) is 10.9 Å². The summed E-state index contributed by atoms with van der Waals surface area (Å²) in [6.45, 7) is 1.36. The minimum absolute atomic E-state index is 0.0693. The molecular formula is C12H19N3O2S. The predicted molar refractivity (Wildman–Crippen MR) is 74.8 cm³/mol. The molecule has 1 aromatic carbocycles. The summed E-state index contributed by atoms with van der Waals surface area (Å²) in [5, 5.41) is 11.9. The summed E-state index contributed by atoms with van der Waals surface area (Å²) in [5.74, 6) is 0.707. The quantitative estimate of drug-likeness (QED) is 0.269. The Morgan fingerprint density at radius 2 is 2.22 bits per heavy atom. The maximum absolute atomic E-state index is 8.84. The molecule has 0 saturated heterocycles. The van der Waals surface area contributed by atoms with E-state index in [0.717, 1.165) is 11.4 Å². The highest BCUT2D eigenvalue weighted by Crippen LogP contribution is 2.28. The van der Waals surface area contributed by atoms with Crippen molar-refractivity contribution in [3.8, 4) is 5.75 Å². The van der Waals surface area contributed by atoms with E-state index in [1.807, 2.05) is 43.5 Å². The van der Waals surface area contributed by atoms with Crippen molar-refractivity contribution in [1.29, 1.82) is 0 Å². The molecule has 0 saturated carbocycles. The first-order valence-electron chi connectivity index (χ1n) is 5.52. The Bertz CT molecular complexity index is 422. The van der Waals surface area contributed by atoms with Gasteiger partial charge in [0.15, 0.2) is 5.84 Å². The van der Waals surface area contributed by atoms with Gasteiger partial charge in [0.1, 0.15) is 12.4 Å². The lowest BCUT2D eigenvalue weighted by Crippen LogP contribution is -2.21. The lowest BCUT2D eigenvalue weighted by Gasteiger charge is -2.15. The number of likely N-dealkylation sites (N-methyl/N-ethyl adjacent to an activating group) is 1. The van der Waals surface area contributed by atoms with E-state index in [0.29, 0.717) is 17.9 Å². The van der Waals surface area contributed by atoms with Crippen LogP contribution in [0, 0.1) is 0 Å². The first kappa shape index (κ1) is 14.7. The number of benzene rings is 1. The monoisotopic (exact) mass is 269 g/mol. The van der Waals surface area contributed by atoms with E-state index in [-0.39, 0.29) is 5.84 Å². The van der Waals surface area contributed by atoms with Crippen molar-refractivity contribution >= 4 is 17.6 Å². The first-order valence-corrected chi connectivity index (χ1v) is 6.75. The number of hydrogen-bond donors (Lipinski definition) is 2. The summed E-state index contributed by atoms with van der Waals surface area (Å²) < 4.78 is 5.69. The van der Waals surface area contributed by atoms with Crippen molar-refractivity contribution < 1.29 is 9.94 Å². The second kappa shape index (κ2) is 7.13. The number of oxime groups is 1. The van der Waals surface area contributed by atoms with Crippen LogP contribution in [0.25, 0.3) is 0 Å². The van der Waals surface area contributed by atoms with Crippen LogP contribution >= 0.6 is 11.8 Å². The fraction of sp³-hybridized carbons (Fsp3) is 0.417. The normalized spacial score (nSPS) is 11.9. The number of amidine groups is 1. The van der Waals surface area contributed by atoms with Gasteiger partial charge >= 0.3 is 0 Å². The van der Waals surface area contributed by atoms with Crippen LogP contribution < -0.4 is 10.5 Å². The van der Waals surface area contributed by atoms with Crippen molar-refractivity contribution in [1.82, 2.24) is 4.90 Å². The first-order chi connectivity index (χ1) is 8.60. The van der Waals surface area contributed by atoms with Crippen molar-refractivity contribution in [2.45, 2.75) is 4.90 Å². The lowest BCUT2D eigenvalue weighted by molar-refractivity contribution is 0.260. The predicted octanol–water partition coefficient (Wildman–Crippen LogP) is 1.44. The van der Waals surface area contributed by atoms with Crippen LogP contribution in [-0.2, 0) is 0 Å². The minimum atomic E-state index is 0.0693. The average molecular weight is 269 g/mol. The zero-order valence-corrected chi connectivity index (χ0v) is 11.7. The molecule has 0 fully saturated rings. The molecule has 0 heterocycles. The maximum atomic E-state index is 8.84. The Hall–Kier alpha value is -1.40. The molecule has 0 spiro atoms. The highest BCUT2D eigenvalue weighted by molar-refractivity contribution is 7.98. The summed E-state index contributed by atoms with van der Waals surface area (Å²) in [4.78, 5) is 2.95. The van der Waals surface area contributed by atoms with E-state index >= 15 is 0 Å². The molecule has 0 amide bonds. The summed E-state index contributed by atoms with van der Waals surface area (Å²) in [6, 6.07) is 5.63. The van der Waals surface area contributed by atoms with E-state index in [4.69, 9.17) is 15.7 Å². The van der Waals surface area contributed by atoms with Gasteiger partial charge in [-0.1, -0.05) is 11.2 Å². The van der Waals surface area contributed by atoms with Gasteiger partial charge in [-0.3, -0.25) is 0 Å². The van der Waals surface area contributed by atoms with Crippen LogP contribution in [0.1, 0.15) is 5.56 Å². The molecule has 100 valence electrons. The van der Waals surface area contributed by atoms with Gasteiger partial charge in [0.25, 0.3) is 0 Å². The summed E-state index contributed by atoms with van der Waals surface area (Å²) in [7, 11) is 3.96. The molecule has 1 aromatic rings. The topological polar surface area (TPSA) is 71.1 Å². The fourth-order valence-corrected chi connectivity index (χ4v) is 2.07. The standard InChI is InChI=1S/C12H19N3O2S/c1-15(2)7-8-17-9-5-4-6-10(18-3)11(9)12(13)14-16/h4-6,16H,7-8H2,1-3H3,(H2,13,14). The molecule has 18 heavy (non-hydrogen) atoms. The van der Waals surface area contributed by atoms with Gasteiger partial charge in [-0.25, -0.2) is 0 Å². The molecule has 1 rings (SSSR count). The Morgan fingerprint density at radius 1 is 1.50 bits per heavy atom. The number of ether oxygens (including phenoxy) is 1. The molecule has 0 bridgehead atoms. The third-order valence-corrected chi connectivity index (χ3v) is 3.15. The zero-order chi connectivity index (χ0) is 13.5. The summed E-state index contributed by atoms with van der Waals surface area (Å²) in [5.41, 5.74) is 6.34. The third-order valence-electron chi connectivity index (χ3n) is 2.37. The molecule has 5 nitrogen and oxygen atoms in total. The van der Waals surface area contributed by atoms with Gasteiger partial charge in [-0.05, 0) is 32.5 Å². The molecule has 0 atom stereocenters. The minimum Gasteiger partial charge on any atom is -0.491 e. The molecule has 0 aliphatic carbocycles. The smallest absolute Gasteiger partial charge is 0.174 e. The molecule has 3 N–H and O–H groups in total. The zero-order valence-electron chi connectivity index (χ0n) is 10.9. The van der Waals surface area contributed by atoms with Crippen LogP contribution in [0.4, 0.5) is 0 Å². The van der Waals surface area contributed by atoms with Crippen molar-refractivity contribution in [3.63, 3.8) is 0 Å². The number of rotatable bonds is 6. The van der Waals surface area contributed by atoms with E-state index in [1.54, 1.807) is 0 Å². The van der Waals surface area contributed by atoms with Gasteiger partial charge in [0, 0.05) is 11.4 Å². The van der Waals surface area contributed by atoms with Gasteiger partial charge in [-0.2, -0.15) is 0 Å². The summed E-state index contributed by atoms with van der Waals surface area (Å²) in [6.07, 6.45) is 1.94. The van der Waals surface area contributed by atoms with E-state index in [1.165, 1.54) is 11.8 Å². The SMILES string of the molecule is CSc1cccc(OCCN(C)C)c1/C(N)=N/O. The number of nitrogens with zero attached hydrogens (tertiary/aromatic N) is 2. The molecule has 0 aromatic heterocycles. The van der Waals surface area contributed by atoms with Crippen LogP contribution in [0.5, 0.6) is 5.75 Å². The van der Waals surface area contributed by atoms with Crippen molar-refractivity contribution in [3.05, 3.63) is 23.8 Å². The highest BCUT2D eigenvalue weighted by Gasteiger charge is 2.13. The molecule has 0 aliphatic rings. The second-order valence-electron chi connectivity index (χ2n) is 3.97. The molecular weight excluding hydrogens is 250 g/mol. The van der Waals surface area contributed by atoms with Crippen molar-refractivity contribution in [2.75, 3.05) is 33.5 Å². The number of nitrogens with two attached hydrogens (primary N) is 1.